The number of hydrogen-bond donors (Lipinski definition) is 2. The van der Waals surface area contributed by atoms with Gasteiger partial charge in [-0.1, -0.05) is 89.5 Å². The van der Waals surface area contributed by atoms with Gasteiger partial charge >= 0.3 is 0 Å². The first-order chi connectivity index (χ1) is 23.6. The molecule has 4 rings (SSSR count). The van der Waals surface area contributed by atoms with Crippen LogP contribution in [0.25, 0.3) is 0 Å². The van der Waals surface area contributed by atoms with Crippen molar-refractivity contribution in [1.29, 1.82) is 0 Å². The van der Waals surface area contributed by atoms with E-state index in [-0.39, 0.29) is 11.8 Å². The molecule has 48 heavy (non-hydrogen) atoms. The number of aliphatic hydroxyl groups is 2. The molecule has 6 nitrogen and oxygen atoms in total. The van der Waals surface area contributed by atoms with Crippen molar-refractivity contribution < 1.29 is 19.7 Å². The molecule has 270 valence electrons. The fraction of sp³-hybridized carbons (Fsp3) is 0.714. The predicted octanol–water partition coefficient (Wildman–Crippen LogP) is 9.36. The fourth-order valence-corrected chi connectivity index (χ4v) is 7.58. The number of ether oxygens (including phenoxy) is 2. The monoisotopic (exact) mass is 665 g/mol. The first-order valence-electron chi connectivity index (χ1n) is 19.8. The van der Waals surface area contributed by atoms with Crippen LogP contribution in [0.1, 0.15) is 140 Å². The summed E-state index contributed by atoms with van der Waals surface area (Å²) in [5, 5.41) is 23.9. The molecule has 0 bridgehead atoms. The Morgan fingerprint density at radius 3 is 1.21 bits per heavy atom. The van der Waals surface area contributed by atoms with Crippen molar-refractivity contribution in [2.24, 2.45) is 11.8 Å². The Bertz CT molecular complexity index is 990. The van der Waals surface area contributed by atoms with Gasteiger partial charge in [-0.25, -0.2) is 0 Å². The number of rotatable bonds is 21. The molecule has 6 heteroatoms. The van der Waals surface area contributed by atoms with Gasteiger partial charge in [0.25, 0.3) is 0 Å². The summed E-state index contributed by atoms with van der Waals surface area (Å²) in [5.41, 5.74) is 1.93. The third-order valence-corrected chi connectivity index (χ3v) is 10.7. The van der Waals surface area contributed by atoms with Crippen molar-refractivity contribution in [3.8, 4) is 11.5 Å². The first-order valence-corrected chi connectivity index (χ1v) is 19.8. The van der Waals surface area contributed by atoms with Gasteiger partial charge < -0.3 is 29.5 Å². The molecule has 4 atom stereocenters. The van der Waals surface area contributed by atoms with Gasteiger partial charge in [-0.3, -0.25) is 0 Å². The maximum Gasteiger partial charge on any atom is 0.119 e. The van der Waals surface area contributed by atoms with Crippen LogP contribution in [0.5, 0.6) is 11.5 Å². The van der Waals surface area contributed by atoms with E-state index in [9.17, 15) is 10.2 Å². The SMILES string of the molecule is CCCCCOc1ccc([C@@H](O)[C@@H](CC[C@@H](CN2CCCCCC2)[C@@H](O)c2ccc(OCCCCC)cc2)CN2CCCCCC2)cc1. The second-order valence-electron chi connectivity index (χ2n) is 14.7. The average molecular weight is 665 g/mol. The van der Waals surface area contributed by atoms with E-state index in [1.54, 1.807) is 0 Å². The molecule has 0 aliphatic carbocycles. The van der Waals surface area contributed by atoms with Gasteiger partial charge in [-0.2, -0.15) is 0 Å². The van der Waals surface area contributed by atoms with Crippen molar-refractivity contribution in [3.05, 3.63) is 59.7 Å². The molecular weight excluding hydrogens is 596 g/mol. The number of unbranched alkanes of at least 4 members (excludes halogenated alkanes) is 4. The molecule has 2 aliphatic rings. The van der Waals surface area contributed by atoms with E-state index in [1.807, 2.05) is 24.3 Å². The van der Waals surface area contributed by atoms with Crippen LogP contribution in [0.3, 0.4) is 0 Å². The maximum atomic E-state index is 11.9. The molecule has 0 radical (unpaired) electrons. The molecule has 2 heterocycles. The van der Waals surface area contributed by atoms with Crippen LogP contribution in [0.15, 0.2) is 48.5 Å². The molecule has 0 unspecified atom stereocenters. The van der Waals surface area contributed by atoms with Crippen molar-refractivity contribution in [2.75, 3.05) is 52.5 Å². The summed E-state index contributed by atoms with van der Waals surface area (Å²) in [7, 11) is 0. The van der Waals surface area contributed by atoms with Gasteiger partial charge in [0.1, 0.15) is 11.5 Å². The zero-order valence-electron chi connectivity index (χ0n) is 30.5. The Morgan fingerprint density at radius 1 is 0.521 bits per heavy atom. The minimum atomic E-state index is -0.553. The normalized spacial score (nSPS) is 19.2. The Kier molecular flexibility index (Phi) is 18.2. The largest absolute Gasteiger partial charge is 0.494 e. The van der Waals surface area contributed by atoms with E-state index in [0.29, 0.717) is 0 Å². The molecular formula is C42H68N2O4. The molecule has 0 aromatic heterocycles. The molecule has 2 aromatic rings. The third kappa shape index (κ3) is 13.7. The van der Waals surface area contributed by atoms with Gasteiger partial charge in [-0.05, 0) is 113 Å². The standard InChI is InChI=1S/C42H68N2O4/c1-3-5-15-31-47-39-23-19-35(20-24-39)41(45)37(33-43-27-11-7-8-12-28-43)17-18-38(34-44-29-13-9-10-14-30-44)42(46)36-21-25-40(26-22-36)48-32-16-6-4-2/h19-26,37-38,41-42,45-46H,3-18,27-34H2,1-2H3/t37-,38-,41-,42+/m0/s1. The van der Waals surface area contributed by atoms with Crippen molar-refractivity contribution >= 4 is 0 Å². The highest BCUT2D eigenvalue weighted by Crippen LogP contribution is 2.34. The summed E-state index contributed by atoms with van der Waals surface area (Å²) >= 11 is 0. The summed E-state index contributed by atoms with van der Waals surface area (Å²) in [4.78, 5) is 5.18. The zero-order valence-corrected chi connectivity index (χ0v) is 30.5. The van der Waals surface area contributed by atoms with Gasteiger partial charge in [0, 0.05) is 24.9 Å². The van der Waals surface area contributed by atoms with Gasteiger partial charge in [0.15, 0.2) is 0 Å². The van der Waals surface area contributed by atoms with Gasteiger partial charge in [0.05, 0.1) is 25.4 Å². The summed E-state index contributed by atoms with van der Waals surface area (Å²) in [6.07, 6.45) is 17.7. The lowest BCUT2D eigenvalue weighted by molar-refractivity contribution is 0.0449. The van der Waals surface area contributed by atoms with E-state index in [1.165, 1.54) is 77.0 Å². The lowest BCUT2D eigenvalue weighted by atomic mass is 9.84. The highest BCUT2D eigenvalue weighted by atomic mass is 16.5. The number of benzene rings is 2. The van der Waals surface area contributed by atoms with Crippen LogP contribution in [-0.2, 0) is 0 Å². The lowest BCUT2D eigenvalue weighted by Gasteiger charge is -2.34. The van der Waals surface area contributed by atoms with Crippen LogP contribution in [0.2, 0.25) is 0 Å². The third-order valence-electron chi connectivity index (χ3n) is 10.7. The molecule has 0 saturated carbocycles. The van der Waals surface area contributed by atoms with Crippen LogP contribution in [0.4, 0.5) is 0 Å². The average Bonchev–Trinajstić information content (AvgIpc) is 3.55. The minimum Gasteiger partial charge on any atom is -0.494 e. The van der Waals surface area contributed by atoms with E-state index < -0.39 is 12.2 Å². The van der Waals surface area contributed by atoms with E-state index in [4.69, 9.17) is 9.47 Å². The molecule has 2 fully saturated rings. The number of hydrogen-bond acceptors (Lipinski definition) is 6. The number of aliphatic hydroxyl groups excluding tert-OH is 2. The summed E-state index contributed by atoms with van der Waals surface area (Å²) < 4.78 is 11.9. The topological polar surface area (TPSA) is 65.4 Å². The first kappa shape index (κ1) is 38.7. The Hall–Kier alpha value is -2.12. The number of likely N-dealkylation sites (tertiary alicyclic amines) is 2. The molecule has 0 spiro atoms. The second kappa shape index (κ2) is 22.6. The lowest BCUT2D eigenvalue weighted by Crippen LogP contribution is -2.36. The molecule has 2 saturated heterocycles. The second-order valence-corrected chi connectivity index (χ2v) is 14.7. The maximum absolute atomic E-state index is 11.9. The van der Waals surface area contributed by atoms with Crippen LogP contribution in [-0.4, -0.2) is 72.5 Å². The summed E-state index contributed by atoms with van der Waals surface area (Å²) in [6, 6.07) is 16.3. The van der Waals surface area contributed by atoms with Crippen molar-refractivity contribution in [3.63, 3.8) is 0 Å². The van der Waals surface area contributed by atoms with Gasteiger partial charge in [0.2, 0.25) is 0 Å². The predicted molar refractivity (Wildman–Crippen MR) is 199 cm³/mol. The molecule has 2 N–H and O–H groups in total. The van der Waals surface area contributed by atoms with E-state index in [0.717, 1.165) is 101 Å². The highest BCUT2D eigenvalue weighted by Gasteiger charge is 2.29. The Labute approximate surface area is 293 Å². The fourth-order valence-electron chi connectivity index (χ4n) is 7.58. The van der Waals surface area contributed by atoms with E-state index >= 15 is 0 Å². The van der Waals surface area contributed by atoms with Crippen LogP contribution >= 0.6 is 0 Å². The van der Waals surface area contributed by atoms with Crippen LogP contribution in [0, 0.1) is 11.8 Å². The van der Waals surface area contributed by atoms with Crippen LogP contribution < -0.4 is 9.47 Å². The van der Waals surface area contributed by atoms with Crippen molar-refractivity contribution in [1.82, 2.24) is 9.80 Å². The summed E-state index contributed by atoms with van der Waals surface area (Å²) in [6.45, 7) is 12.1. The highest BCUT2D eigenvalue weighted by molar-refractivity contribution is 5.30. The smallest absolute Gasteiger partial charge is 0.119 e. The molecule has 2 aromatic carbocycles. The van der Waals surface area contributed by atoms with E-state index in [2.05, 4.69) is 47.9 Å². The Morgan fingerprint density at radius 2 is 0.875 bits per heavy atom. The van der Waals surface area contributed by atoms with Gasteiger partial charge in [-0.15, -0.1) is 0 Å². The number of nitrogens with zero attached hydrogens (tertiary/aromatic N) is 2. The quantitative estimate of drug-likeness (QED) is 0.130. The van der Waals surface area contributed by atoms with Crippen molar-refractivity contribution in [2.45, 2.75) is 129 Å². The minimum absolute atomic E-state index is 0.0946. The molecule has 0 amide bonds. The molecule has 2 aliphatic heterocycles. The zero-order chi connectivity index (χ0) is 33.8. The summed E-state index contributed by atoms with van der Waals surface area (Å²) in [5.74, 6) is 1.95. The Balaban J connectivity index is 1.47.